The van der Waals surface area contributed by atoms with Crippen LogP contribution in [0.25, 0.3) is 0 Å². The molecule has 0 aromatic heterocycles. The topological polar surface area (TPSA) is 64.6 Å². The monoisotopic (exact) mass is 349 g/mol. The number of hydrogen-bond acceptors (Lipinski definition) is 5. The van der Waals surface area contributed by atoms with Gasteiger partial charge in [0.25, 0.3) is 5.91 Å². The van der Waals surface area contributed by atoms with E-state index in [9.17, 15) is 14.0 Å². The fourth-order valence-corrected chi connectivity index (χ4v) is 2.35. The summed E-state index contributed by atoms with van der Waals surface area (Å²) in [6.07, 6.45) is 1.90. The third kappa shape index (κ3) is 5.58. The van der Waals surface area contributed by atoms with Crippen molar-refractivity contribution in [3.05, 3.63) is 54.3 Å². The maximum atomic E-state index is 12.7. The number of nitrogens with one attached hydrogen (secondary N) is 1. The molecule has 0 aliphatic carbocycles. The predicted octanol–water partition coefficient (Wildman–Crippen LogP) is 3.11. The molecule has 0 bridgehead atoms. The molecular formula is C17H16FNO4S. The van der Waals surface area contributed by atoms with E-state index in [4.69, 9.17) is 9.47 Å². The number of anilines is 1. The fraction of sp³-hybridized carbons (Fsp3) is 0.176. The van der Waals surface area contributed by atoms with Crippen molar-refractivity contribution in [2.45, 2.75) is 4.90 Å². The van der Waals surface area contributed by atoms with Gasteiger partial charge in [-0.2, -0.15) is 0 Å². The fourth-order valence-electron chi connectivity index (χ4n) is 1.79. The first kappa shape index (κ1) is 17.8. The molecule has 2 aromatic carbocycles. The molecule has 0 saturated carbocycles. The Hall–Kier alpha value is -2.54. The maximum absolute atomic E-state index is 12.7. The number of hydrogen-bond donors (Lipinski definition) is 1. The summed E-state index contributed by atoms with van der Waals surface area (Å²) < 4.78 is 22.7. The Morgan fingerprint density at radius 1 is 1.08 bits per heavy atom. The zero-order valence-corrected chi connectivity index (χ0v) is 13.8. The van der Waals surface area contributed by atoms with E-state index < -0.39 is 24.3 Å². The van der Waals surface area contributed by atoms with Gasteiger partial charge in [-0.3, -0.25) is 4.79 Å². The lowest BCUT2D eigenvalue weighted by atomic mass is 10.3. The van der Waals surface area contributed by atoms with Gasteiger partial charge in [0.05, 0.1) is 5.69 Å². The van der Waals surface area contributed by atoms with Crippen LogP contribution in [-0.2, 0) is 14.3 Å². The molecule has 2 aromatic rings. The molecule has 0 atom stereocenters. The zero-order valence-electron chi connectivity index (χ0n) is 13.0. The van der Waals surface area contributed by atoms with Crippen molar-refractivity contribution in [1.82, 2.24) is 0 Å². The van der Waals surface area contributed by atoms with Gasteiger partial charge in [0.1, 0.15) is 11.6 Å². The smallest absolute Gasteiger partial charge is 0.344 e. The van der Waals surface area contributed by atoms with Gasteiger partial charge in [-0.25, -0.2) is 9.18 Å². The highest BCUT2D eigenvalue weighted by atomic mass is 32.2. The van der Waals surface area contributed by atoms with Gasteiger partial charge in [-0.05, 0) is 42.7 Å². The molecule has 7 heteroatoms. The van der Waals surface area contributed by atoms with Crippen LogP contribution in [0.1, 0.15) is 0 Å². The molecule has 5 nitrogen and oxygen atoms in total. The Balaban J connectivity index is 1.74. The molecule has 1 amide bonds. The van der Waals surface area contributed by atoms with Crippen molar-refractivity contribution in [2.75, 3.05) is 24.8 Å². The second-order valence-electron chi connectivity index (χ2n) is 4.65. The first-order valence-electron chi connectivity index (χ1n) is 7.05. The highest BCUT2D eigenvalue weighted by Gasteiger charge is 2.10. The number of amides is 1. The molecule has 0 aliphatic rings. The van der Waals surface area contributed by atoms with E-state index in [0.29, 0.717) is 11.4 Å². The molecule has 0 heterocycles. The van der Waals surface area contributed by atoms with Crippen molar-refractivity contribution < 1.29 is 23.5 Å². The second kappa shape index (κ2) is 8.93. The Morgan fingerprint density at radius 2 is 1.79 bits per heavy atom. The first-order chi connectivity index (χ1) is 11.6. The van der Waals surface area contributed by atoms with Crippen LogP contribution in [0.2, 0.25) is 0 Å². The van der Waals surface area contributed by atoms with Crippen molar-refractivity contribution in [3.63, 3.8) is 0 Å². The highest BCUT2D eigenvalue weighted by molar-refractivity contribution is 7.98. The summed E-state index contributed by atoms with van der Waals surface area (Å²) in [5.74, 6) is -1.18. The van der Waals surface area contributed by atoms with E-state index in [1.54, 1.807) is 12.1 Å². The van der Waals surface area contributed by atoms with Crippen molar-refractivity contribution in [3.8, 4) is 5.75 Å². The number of esters is 1. The van der Waals surface area contributed by atoms with Crippen LogP contribution in [0, 0.1) is 5.82 Å². The zero-order chi connectivity index (χ0) is 17.4. The summed E-state index contributed by atoms with van der Waals surface area (Å²) in [7, 11) is 0. The quantitative estimate of drug-likeness (QED) is 0.615. The third-order valence-corrected chi connectivity index (χ3v) is 3.71. The van der Waals surface area contributed by atoms with Crippen molar-refractivity contribution in [1.29, 1.82) is 0 Å². The number of halogens is 1. The summed E-state index contributed by atoms with van der Waals surface area (Å²) in [6, 6.07) is 12.6. The number of thioether (sulfide) groups is 1. The van der Waals surface area contributed by atoms with Crippen LogP contribution in [0.4, 0.5) is 10.1 Å². The van der Waals surface area contributed by atoms with Crippen LogP contribution >= 0.6 is 11.8 Å². The molecule has 0 fully saturated rings. The molecule has 1 N–H and O–H groups in total. The Morgan fingerprint density at radius 3 is 2.50 bits per heavy atom. The lowest BCUT2D eigenvalue weighted by molar-refractivity contribution is -0.149. The summed E-state index contributed by atoms with van der Waals surface area (Å²) >= 11 is 1.50. The van der Waals surface area contributed by atoms with Gasteiger partial charge in [0.15, 0.2) is 13.2 Å². The van der Waals surface area contributed by atoms with Gasteiger partial charge >= 0.3 is 5.97 Å². The van der Waals surface area contributed by atoms with Crippen LogP contribution < -0.4 is 10.1 Å². The molecule has 24 heavy (non-hydrogen) atoms. The van der Waals surface area contributed by atoms with E-state index >= 15 is 0 Å². The van der Waals surface area contributed by atoms with Gasteiger partial charge in [0, 0.05) is 4.90 Å². The summed E-state index contributed by atoms with van der Waals surface area (Å²) in [4.78, 5) is 24.3. The van der Waals surface area contributed by atoms with E-state index in [-0.39, 0.29) is 6.61 Å². The Labute approximate surface area is 143 Å². The van der Waals surface area contributed by atoms with E-state index in [1.165, 1.54) is 36.0 Å². The minimum Gasteiger partial charge on any atom is -0.482 e. The second-order valence-corrected chi connectivity index (χ2v) is 5.50. The van der Waals surface area contributed by atoms with Crippen LogP contribution in [-0.4, -0.2) is 31.3 Å². The predicted molar refractivity (Wildman–Crippen MR) is 89.7 cm³/mol. The van der Waals surface area contributed by atoms with E-state index in [2.05, 4.69) is 5.32 Å². The van der Waals surface area contributed by atoms with Crippen molar-refractivity contribution in [2.24, 2.45) is 0 Å². The van der Waals surface area contributed by atoms with Gasteiger partial charge in [0.2, 0.25) is 0 Å². The number of rotatable bonds is 7. The molecule has 2 rings (SSSR count). The molecule has 0 unspecified atom stereocenters. The van der Waals surface area contributed by atoms with Crippen LogP contribution in [0.15, 0.2) is 53.4 Å². The minimum atomic E-state index is -0.687. The van der Waals surface area contributed by atoms with E-state index in [0.717, 1.165) is 4.90 Å². The standard InChI is InChI=1S/C17H16FNO4S/c1-24-15-5-3-2-4-14(15)19-16(20)10-23-17(21)11-22-13-8-6-12(18)7-9-13/h2-9H,10-11H2,1H3,(H,19,20). The average Bonchev–Trinajstić information content (AvgIpc) is 2.60. The largest absolute Gasteiger partial charge is 0.482 e. The molecule has 126 valence electrons. The molecule has 0 spiro atoms. The molecule has 0 radical (unpaired) electrons. The maximum Gasteiger partial charge on any atom is 0.344 e. The molecule has 0 saturated heterocycles. The normalized spacial score (nSPS) is 10.1. The molecular weight excluding hydrogens is 333 g/mol. The third-order valence-electron chi connectivity index (χ3n) is 2.92. The number of benzene rings is 2. The highest BCUT2D eigenvalue weighted by Crippen LogP contribution is 2.24. The van der Waals surface area contributed by atoms with Crippen LogP contribution in [0.3, 0.4) is 0 Å². The lowest BCUT2D eigenvalue weighted by Gasteiger charge is -2.10. The summed E-state index contributed by atoms with van der Waals surface area (Å²) in [5, 5.41) is 2.68. The van der Waals surface area contributed by atoms with Gasteiger partial charge in [-0.1, -0.05) is 12.1 Å². The van der Waals surface area contributed by atoms with Crippen molar-refractivity contribution >= 4 is 29.3 Å². The van der Waals surface area contributed by atoms with Gasteiger partial charge in [-0.15, -0.1) is 11.8 Å². The van der Waals surface area contributed by atoms with Gasteiger partial charge < -0.3 is 14.8 Å². The number of carbonyl (C=O) groups is 2. The first-order valence-corrected chi connectivity index (χ1v) is 8.28. The number of carbonyl (C=O) groups excluding carboxylic acids is 2. The Bertz CT molecular complexity index is 706. The lowest BCUT2D eigenvalue weighted by Crippen LogP contribution is -2.23. The number of ether oxygens (including phenoxy) is 2. The molecule has 0 aliphatic heterocycles. The summed E-state index contributed by atoms with van der Waals surface area (Å²) in [5.41, 5.74) is 0.661. The average molecular weight is 349 g/mol. The minimum absolute atomic E-state index is 0.340. The van der Waals surface area contributed by atoms with E-state index in [1.807, 2.05) is 18.4 Å². The SMILES string of the molecule is CSc1ccccc1NC(=O)COC(=O)COc1ccc(F)cc1. The van der Waals surface area contributed by atoms with Crippen LogP contribution in [0.5, 0.6) is 5.75 Å². The number of para-hydroxylation sites is 1. The summed E-state index contributed by atoms with van der Waals surface area (Å²) in [6.45, 7) is -0.769. The Kier molecular flexibility index (Phi) is 6.62.